The molecule has 2 heterocycles. The number of halogens is 3. The van der Waals surface area contributed by atoms with Crippen LogP contribution in [0.1, 0.15) is 12.8 Å². The second kappa shape index (κ2) is 9.58. The molecule has 7 heteroatoms. The first-order chi connectivity index (χ1) is 10.2. The number of rotatable bonds is 3. The highest BCUT2D eigenvalue weighted by atomic mass is 35.5. The highest BCUT2D eigenvalue weighted by Crippen LogP contribution is 2.26. The molecule has 1 aromatic rings. The fourth-order valence-electron chi connectivity index (χ4n) is 3.17. The largest absolute Gasteiger partial charge is 0.367 e. The molecule has 1 unspecified atom stereocenters. The summed E-state index contributed by atoms with van der Waals surface area (Å²) in [5.41, 5.74) is 1.08. The zero-order valence-electron chi connectivity index (χ0n) is 13.0. The van der Waals surface area contributed by atoms with Crippen molar-refractivity contribution in [2.45, 2.75) is 12.8 Å². The van der Waals surface area contributed by atoms with Crippen LogP contribution in [0.25, 0.3) is 0 Å². The van der Waals surface area contributed by atoms with Gasteiger partial charge in [0, 0.05) is 32.6 Å². The number of benzene rings is 1. The van der Waals surface area contributed by atoms with Gasteiger partial charge in [0.15, 0.2) is 0 Å². The standard InChI is InChI=1S/C16H22ClN3O.2ClH/c17-14-3-1-2-4-15(14)19-7-9-20(10-8-19)16(21)11-13-5-6-18-12-13;;/h1-4,13,18H,5-12H2;2*1H. The molecule has 23 heavy (non-hydrogen) atoms. The van der Waals surface area contributed by atoms with E-state index in [1.807, 2.05) is 29.2 Å². The van der Waals surface area contributed by atoms with E-state index in [4.69, 9.17) is 11.6 Å². The highest BCUT2D eigenvalue weighted by Gasteiger charge is 2.25. The van der Waals surface area contributed by atoms with Gasteiger partial charge in [-0.05, 0) is 37.6 Å². The van der Waals surface area contributed by atoms with Gasteiger partial charge in [-0.2, -0.15) is 0 Å². The van der Waals surface area contributed by atoms with E-state index < -0.39 is 0 Å². The van der Waals surface area contributed by atoms with E-state index in [0.29, 0.717) is 18.2 Å². The third kappa shape index (κ3) is 5.15. The van der Waals surface area contributed by atoms with Crippen molar-refractivity contribution in [2.75, 3.05) is 44.2 Å². The average Bonchev–Trinajstić information content (AvgIpc) is 3.01. The van der Waals surface area contributed by atoms with E-state index in [1.54, 1.807) is 0 Å². The summed E-state index contributed by atoms with van der Waals surface area (Å²) in [6, 6.07) is 7.92. The van der Waals surface area contributed by atoms with Gasteiger partial charge < -0.3 is 15.1 Å². The minimum absolute atomic E-state index is 0. The lowest BCUT2D eigenvalue weighted by molar-refractivity contribution is -0.132. The van der Waals surface area contributed by atoms with Crippen LogP contribution in [0.5, 0.6) is 0 Å². The number of nitrogens with one attached hydrogen (secondary N) is 1. The summed E-state index contributed by atoms with van der Waals surface area (Å²) < 4.78 is 0. The summed E-state index contributed by atoms with van der Waals surface area (Å²) in [5, 5.41) is 4.11. The molecule has 0 saturated carbocycles. The number of carbonyl (C=O) groups is 1. The van der Waals surface area contributed by atoms with Crippen molar-refractivity contribution in [1.82, 2.24) is 10.2 Å². The lowest BCUT2D eigenvalue weighted by Crippen LogP contribution is -2.49. The van der Waals surface area contributed by atoms with E-state index in [1.165, 1.54) is 0 Å². The van der Waals surface area contributed by atoms with Crippen LogP contribution >= 0.6 is 36.4 Å². The summed E-state index contributed by atoms with van der Waals surface area (Å²) in [6.45, 7) is 5.36. The maximum atomic E-state index is 12.3. The summed E-state index contributed by atoms with van der Waals surface area (Å²) in [6.07, 6.45) is 1.82. The summed E-state index contributed by atoms with van der Waals surface area (Å²) >= 11 is 6.24. The van der Waals surface area contributed by atoms with Crippen LogP contribution in [0, 0.1) is 5.92 Å². The SMILES string of the molecule is Cl.Cl.O=C(CC1CCNC1)N1CCN(c2ccccc2Cl)CC1. The smallest absolute Gasteiger partial charge is 0.223 e. The molecule has 130 valence electrons. The van der Waals surface area contributed by atoms with Gasteiger partial charge >= 0.3 is 0 Å². The number of piperazine rings is 1. The molecule has 0 spiro atoms. The Labute approximate surface area is 155 Å². The normalized spacial score (nSPS) is 20.7. The van der Waals surface area contributed by atoms with Gasteiger partial charge in [-0.1, -0.05) is 23.7 Å². The molecule has 1 aromatic carbocycles. The summed E-state index contributed by atoms with van der Waals surface area (Å²) in [7, 11) is 0. The van der Waals surface area contributed by atoms with Crippen molar-refractivity contribution in [3.05, 3.63) is 29.3 Å². The van der Waals surface area contributed by atoms with Gasteiger partial charge in [-0.3, -0.25) is 4.79 Å². The first kappa shape index (κ1) is 20.4. The molecular weight excluding hydrogens is 357 g/mol. The lowest BCUT2D eigenvalue weighted by Gasteiger charge is -2.36. The molecule has 1 amide bonds. The molecule has 2 saturated heterocycles. The van der Waals surface area contributed by atoms with Gasteiger partial charge in [0.25, 0.3) is 0 Å². The maximum absolute atomic E-state index is 12.3. The van der Waals surface area contributed by atoms with E-state index in [-0.39, 0.29) is 24.8 Å². The average molecular weight is 381 g/mol. The Morgan fingerprint density at radius 2 is 1.87 bits per heavy atom. The number of anilines is 1. The van der Waals surface area contributed by atoms with Gasteiger partial charge in [-0.15, -0.1) is 24.8 Å². The molecule has 2 aliphatic rings. The molecule has 2 aliphatic heterocycles. The third-order valence-electron chi connectivity index (χ3n) is 4.45. The Morgan fingerprint density at radius 3 is 2.48 bits per heavy atom. The Hall–Kier alpha value is -0.680. The van der Waals surface area contributed by atoms with Gasteiger partial charge in [0.05, 0.1) is 10.7 Å². The van der Waals surface area contributed by atoms with Crippen LogP contribution in [0.2, 0.25) is 5.02 Å². The number of carbonyl (C=O) groups excluding carboxylic acids is 1. The van der Waals surface area contributed by atoms with Gasteiger partial charge in [0.1, 0.15) is 0 Å². The molecule has 1 N–H and O–H groups in total. The van der Waals surface area contributed by atoms with Crippen LogP contribution in [-0.4, -0.2) is 50.1 Å². The summed E-state index contributed by atoms with van der Waals surface area (Å²) in [5.74, 6) is 0.835. The van der Waals surface area contributed by atoms with Crippen LogP contribution < -0.4 is 10.2 Å². The summed E-state index contributed by atoms with van der Waals surface area (Å²) in [4.78, 5) is 16.6. The van der Waals surface area contributed by atoms with E-state index in [0.717, 1.165) is 56.4 Å². The lowest BCUT2D eigenvalue weighted by atomic mass is 10.0. The molecule has 0 radical (unpaired) electrons. The Kier molecular flexibility index (Phi) is 8.48. The predicted molar refractivity (Wildman–Crippen MR) is 100 cm³/mol. The van der Waals surface area contributed by atoms with E-state index in [2.05, 4.69) is 10.2 Å². The zero-order chi connectivity index (χ0) is 14.7. The molecular formula is C16H24Cl3N3O. The van der Waals surface area contributed by atoms with Crippen molar-refractivity contribution in [3.63, 3.8) is 0 Å². The molecule has 1 atom stereocenters. The van der Waals surface area contributed by atoms with Crippen molar-refractivity contribution < 1.29 is 4.79 Å². The fraction of sp³-hybridized carbons (Fsp3) is 0.562. The molecule has 0 aliphatic carbocycles. The quantitative estimate of drug-likeness (QED) is 0.876. The fourth-order valence-corrected chi connectivity index (χ4v) is 3.42. The first-order valence-corrected chi connectivity index (χ1v) is 8.10. The predicted octanol–water partition coefficient (Wildman–Crippen LogP) is 2.83. The minimum atomic E-state index is 0. The van der Waals surface area contributed by atoms with Crippen LogP contribution in [0.4, 0.5) is 5.69 Å². The molecule has 2 fully saturated rings. The third-order valence-corrected chi connectivity index (χ3v) is 4.77. The monoisotopic (exact) mass is 379 g/mol. The molecule has 4 nitrogen and oxygen atoms in total. The second-order valence-corrected chi connectivity index (χ2v) is 6.29. The van der Waals surface area contributed by atoms with Gasteiger partial charge in [0.2, 0.25) is 5.91 Å². The first-order valence-electron chi connectivity index (χ1n) is 7.72. The van der Waals surface area contributed by atoms with Crippen molar-refractivity contribution in [2.24, 2.45) is 5.92 Å². The number of amides is 1. The minimum Gasteiger partial charge on any atom is -0.367 e. The Balaban J connectivity index is 0.00000132. The molecule has 3 rings (SSSR count). The number of para-hydroxylation sites is 1. The molecule has 0 aromatic heterocycles. The van der Waals surface area contributed by atoms with Crippen molar-refractivity contribution in [3.8, 4) is 0 Å². The van der Waals surface area contributed by atoms with Crippen LogP contribution in [-0.2, 0) is 4.79 Å². The zero-order valence-corrected chi connectivity index (χ0v) is 15.4. The van der Waals surface area contributed by atoms with Crippen LogP contribution in [0.15, 0.2) is 24.3 Å². The number of hydrogen-bond donors (Lipinski definition) is 1. The van der Waals surface area contributed by atoms with Crippen molar-refractivity contribution >= 4 is 48.0 Å². The maximum Gasteiger partial charge on any atom is 0.223 e. The Morgan fingerprint density at radius 1 is 1.17 bits per heavy atom. The van der Waals surface area contributed by atoms with E-state index >= 15 is 0 Å². The molecule has 0 bridgehead atoms. The topological polar surface area (TPSA) is 35.6 Å². The highest BCUT2D eigenvalue weighted by molar-refractivity contribution is 6.33. The Bertz CT molecular complexity index is 501. The van der Waals surface area contributed by atoms with Crippen LogP contribution in [0.3, 0.4) is 0 Å². The van der Waals surface area contributed by atoms with E-state index in [9.17, 15) is 4.79 Å². The number of nitrogens with zero attached hydrogens (tertiary/aromatic N) is 2. The second-order valence-electron chi connectivity index (χ2n) is 5.88. The van der Waals surface area contributed by atoms with Gasteiger partial charge in [-0.25, -0.2) is 0 Å². The van der Waals surface area contributed by atoms with Crippen molar-refractivity contribution in [1.29, 1.82) is 0 Å². The number of hydrogen-bond acceptors (Lipinski definition) is 3.